The second-order valence-electron chi connectivity index (χ2n) is 7.33. The van der Waals surface area contributed by atoms with Gasteiger partial charge in [-0.3, -0.25) is 4.79 Å². The molecule has 4 rings (SSSR count). The van der Waals surface area contributed by atoms with Crippen LogP contribution in [0.4, 0.5) is 8.78 Å². The summed E-state index contributed by atoms with van der Waals surface area (Å²) in [6.45, 7) is 3.61. The van der Waals surface area contributed by atoms with Crippen LogP contribution in [0.1, 0.15) is 51.3 Å². The number of carbonyl (C=O) groups is 1. The Morgan fingerprint density at radius 1 is 1.33 bits per heavy atom. The fourth-order valence-corrected chi connectivity index (χ4v) is 3.57. The van der Waals surface area contributed by atoms with Crippen molar-refractivity contribution in [1.82, 2.24) is 24.5 Å². The van der Waals surface area contributed by atoms with E-state index in [4.69, 9.17) is 0 Å². The van der Waals surface area contributed by atoms with E-state index in [-0.39, 0.29) is 23.4 Å². The van der Waals surface area contributed by atoms with Crippen LogP contribution in [0.25, 0.3) is 11.9 Å². The largest absolute Gasteiger partial charge is 0.335 e. The quantitative estimate of drug-likeness (QED) is 0.660. The first kappa shape index (κ1) is 19.6. The first-order valence-electron chi connectivity index (χ1n) is 9.28. The second kappa shape index (κ2) is 7.30. The molecule has 0 aliphatic heterocycles. The number of benzene rings is 1. The van der Waals surface area contributed by atoms with Crippen molar-refractivity contribution >= 4 is 17.8 Å². The number of alkyl halides is 2. The lowest BCUT2D eigenvalue weighted by molar-refractivity contribution is 0.0790. The van der Waals surface area contributed by atoms with Gasteiger partial charge in [0.15, 0.2) is 0 Å². The molecule has 1 atom stereocenters. The number of carbonyl (C=O) groups excluding carboxylic acids is 1. The molecule has 1 aromatic carbocycles. The van der Waals surface area contributed by atoms with Crippen molar-refractivity contribution < 1.29 is 13.6 Å². The number of aromatic nitrogens is 4. The number of nitriles is 1. The fraction of sp³-hybridized carbons (Fsp3) is 0.286. The Labute approximate surface area is 171 Å². The topological polar surface area (TPSA) is 87.2 Å². The molecule has 152 valence electrons. The predicted octanol–water partition coefficient (Wildman–Crippen LogP) is 3.48. The minimum absolute atomic E-state index is 0.102. The number of fused-ring (bicyclic) bond motifs is 1. The number of hydrogen-bond donors (Lipinski definition) is 0. The van der Waals surface area contributed by atoms with Gasteiger partial charge < -0.3 is 4.90 Å². The second-order valence-corrected chi connectivity index (χ2v) is 7.33. The smallest absolute Gasteiger partial charge is 0.280 e. The lowest BCUT2D eigenvalue weighted by Crippen LogP contribution is -2.29. The number of rotatable bonds is 4. The zero-order valence-electron chi connectivity index (χ0n) is 16.6. The van der Waals surface area contributed by atoms with E-state index in [2.05, 4.69) is 21.1 Å². The van der Waals surface area contributed by atoms with Crippen LogP contribution >= 0.6 is 0 Å². The lowest BCUT2D eigenvalue weighted by atomic mass is 9.99. The van der Waals surface area contributed by atoms with Crippen LogP contribution in [-0.4, -0.2) is 43.5 Å². The number of nitrogens with zero attached hydrogens (tertiary/aromatic N) is 6. The lowest BCUT2D eigenvalue weighted by Gasteiger charge is -2.17. The van der Waals surface area contributed by atoms with Gasteiger partial charge in [-0.05, 0) is 61.2 Å². The highest BCUT2D eigenvalue weighted by molar-refractivity contribution is 5.95. The summed E-state index contributed by atoms with van der Waals surface area (Å²) in [6.07, 6.45) is 0.929. The molecule has 0 unspecified atom stereocenters. The summed E-state index contributed by atoms with van der Waals surface area (Å²) >= 11 is 0. The summed E-state index contributed by atoms with van der Waals surface area (Å²) in [5.74, 6) is -0.0576. The molecule has 0 bridgehead atoms. The van der Waals surface area contributed by atoms with Crippen molar-refractivity contribution in [3.63, 3.8) is 0 Å². The number of aryl methyl sites for hydroxylation is 2. The van der Waals surface area contributed by atoms with Gasteiger partial charge in [0.1, 0.15) is 12.0 Å². The van der Waals surface area contributed by atoms with E-state index in [0.717, 1.165) is 16.7 Å². The molecule has 1 fully saturated rings. The van der Waals surface area contributed by atoms with E-state index in [0.29, 0.717) is 23.2 Å². The molecule has 3 aromatic rings. The Bertz CT molecular complexity index is 1220. The van der Waals surface area contributed by atoms with Crippen LogP contribution < -0.4 is 0 Å². The van der Waals surface area contributed by atoms with E-state index < -0.39 is 6.43 Å². The minimum Gasteiger partial charge on any atom is -0.335 e. The molecule has 0 radical (unpaired) electrons. The predicted molar refractivity (Wildman–Crippen MR) is 105 cm³/mol. The van der Waals surface area contributed by atoms with Crippen LogP contribution in [0, 0.1) is 25.2 Å². The van der Waals surface area contributed by atoms with E-state index in [9.17, 15) is 18.8 Å². The maximum Gasteiger partial charge on any atom is 0.280 e. The summed E-state index contributed by atoms with van der Waals surface area (Å²) < 4.78 is 27.7. The van der Waals surface area contributed by atoms with Gasteiger partial charge in [0.2, 0.25) is 0 Å². The molecule has 1 amide bonds. The third-order valence-electron chi connectivity index (χ3n) is 5.23. The highest BCUT2D eigenvalue weighted by atomic mass is 19.3. The summed E-state index contributed by atoms with van der Waals surface area (Å²) in [6, 6.07) is 6.73. The molecule has 2 aromatic heterocycles. The molecule has 7 nitrogen and oxygen atoms in total. The molecule has 0 spiro atoms. The molecular weight excluding hydrogens is 390 g/mol. The molecule has 1 aliphatic carbocycles. The van der Waals surface area contributed by atoms with E-state index in [1.54, 1.807) is 44.0 Å². The molecular formula is C21H18F2N6O. The Morgan fingerprint density at radius 2 is 2.03 bits per heavy atom. The third kappa shape index (κ3) is 3.41. The standard InChI is InChI=1S/C21H18F2N6O/c1-11-4-14(5-12(2)16(11)9-24)20(30)28(3)18-7-13(18)6-15-8-17(19(22)23)27-21-25-10-26-29(15)21/h4-6,8,10,18-19H,7H2,1-3H3/b13-6-/t18-/m0/s1. The van der Waals surface area contributed by atoms with Gasteiger partial charge in [0, 0.05) is 12.6 Å². The molecule has 0 N–H and O–H groups in total. The Hall–Kier alpha value is -3.67. The number of hydrogen-bond acceptors (Lipinski definition) is 5. The van der Waals surface area contributed by atoms with Crippen molar-refractivity contribution in [3.05, 3.63) is 63.7 Å². The summed E-state index contributed by atoms with van der Waals surface area (Å²) in [5, 5.41) is 13.2. The SMILES string of the molecule is Cc1cc(C(=O)N(C)[C@H]2C/C2=C/c2cc(C(F)F)nc3ncnn23)cc(C)c1C#N. The molecule has 1 aliphatic rings. The number of likely N-dealkylation sites (N-methyl/N-ethyl adjacent to an activating group) is 1. The van der Waals surface area contributed by atoms with Crippen molar-refractivity contribution in [2.75, 3.05) is 7.05 Å². The van der Waals surface area contributed by atoms with E-state index in [1.165, 1.54) is 16.9 Å². The molecule has 2 heterocycles. The van der Waals surface area contributed by atoms with Crippen LogP contribution in [0.2, 0.25) is 0 Å². The zero-order valence-corrected chi connectivity index (χ0v) is 16.6. The van der Waals surface area contributed by atoms with Crippen LogP contribution in [0.15, 0.2) is 30.1 Å². The Balaban J connectivity index is 1.60. The van der Waals surface area contributed by atoms with Gasteiger partial charge in [-0.2, -0.15) is 19.9 Å². The van der Waals surface area contributed by atoms with Crippen molar-refractivity contribution in [3.8, 4) is 6.07 Å². The maximum absolute atomic E-state index is 13.1. The fourth-order valence-electron chi connectivity index (χ4n) is 3.57. The number of halogens is 2. The van der Waals surface area contributed by atoms with Gasteiger partial charge >= 0.3 is 0 Å². The first-order chi connectivity index (χ1) is 14.3. The van der Waals surface area contributed by atoms with Gasteiger partial charge in [0.05, 0.1) is 23.4 Å². The monoisotopic (exact) mass is 408 g/mol. The van der Waals surface area contributed by atoms with Crippen LogP contribution in [-0.2, 0) is 0 Å². The number of amides is 1. The normalized spacial score (nSPS) is 16.8. The van der Waals surface area contributed by atoms with Gasteiger partial charge in [0.25, 0.3) is 18.1 Å². The summed E-state index contributed by atoms with van der Waals surface area (Å²) in [5.41, 5.74) is 3.60. The average molecular weight is 408 g/mol. The minimum atomic E-state index is -2.72. The van der Waals surface area contributed by atoms with E-state index in [1.807, 2.05) is 0 Å². The highest BCUT2D eigenvalue weighted by Gasteiger charge is 2.37. The summed E-state index contributed by atoms with van der Waals surface area (Å²) in [4.78, 5) is 22.2. The van der Waals surface area contributed by atoms with Crippen molar-refractivity contribution in [1.29, 1.82) is 5.26 Å². The Kier molecular flexibility index (Phi) is 4.78. The molecule has 30 heavy (non-hydrogen) atoms. The highest BCUT2D eigenvalue weighted by Crippen LogP contribution is 2.37. The Morgan fingerprint density at radius 3 is 2.67 bits per heavy atom. The van der Waals surface area contributed by atoms with Gasteiger partial charge in [-0.25, -0.2) is 13.8 Å². The molecule has 0 saturated heterocycles. The first-order valence-corrected chi connectivity index (χ1v) is 9.28. The van der Waals surface area contributed by atoms with Gasteiger partial charge in [-0.15, -0.1) is 0 Å². The van der Waals surface area contributed by atoms with Crippen molar-refractivity contribution in [2.45, 2.75) is 32.7 Å². The van der Waals surface area contributed by atoms with Gasteiger partial charge in [-0.1, -0.05) is 0 Å². The van der Waals surface area contributed by atoms with Crippen molar-refractivity contribution in [2.24, 2.45) is 0 Å². The zero-order chi connectivity index (χ0) is 21.6. The maximum atomic E-state index is 13.1. The molecule has 9 heteroatoms. The molecule has 1 saturated carbocycles. The van der Waals surface area contributed by atoms with Crippen LogP contribution in [0.3, 0.4) is 0 Å². The third-order valence-corrected chi connectivity index (χ3v) is 5.23. The average Bonchev–Trinajstić information content (AvgIpc) is 3.29. The van der Waals surface area contributed by atoms with E-state index >= 15 is 0 Å². The van der Waals surface area contributed by atoms with Crippen LogP contribution in [0.5, 0.6) is 0 Å². The summed E-state index contributed by atoms with van der Waals surface area (Å²) in [7, 11) is 1.71.